The fraction of sp³-hybridized carbons (Fsp3) is 0.261. The summed E-state index contributed by atoms with van der Waals surface area (Å²) < 4.78 is 23.5. The molecule has 0 unspecified atom stereocenters. The van der Waals surface area contributed by atoms with Gasteiger partial charge in [0.25, 0.3) is 17.7 Å². The van der Waals surface area contributed by atoms with Crippen LogP contribution in [0.4, 0.5) is 0 Å². The first-order valence-electron chi connectivity index (χ1n) is 19.8. The van der Waals surface area contributed by atoms with Gasteiger partial charge >= 0.3 is 17.9 Å². The van der Waals surface area contributed by atoms with Crippen molar-refractivity contribution in [2.45, 2.75) is 56.9 Å². The van der Waals surface area contributed by atoms with Crippen molar-refractivity contribution in [2.24, 2.45) is 5.73 Å². The number of rotatable bonds is 18. The molecule has 0 aliphatic carbocycles. The van der Waals surface area contributed by atoms with Crippen LogP contribution in [0.15, 0.2) is 118 Å². The number of nitrogens with zero attached hydrogens (tertiary/aromatic N) is 2. The lowest BCUT2D eigenvalue weighted by Gasteiger charge is -2.20. The first kappa shape index (κ1) is 50.9. The van der Waals surface area contributed by atoms with Crippen LogP contribution in [0.25, 0.3) is 22.3 Å². The second-order valence-corrected chi connectivity index (χ2v) is 15.0. The zero-order valence-electron chi connectivity index (χ0n) is 35.4. The number of hydrogen-bond acceptors (Lipinski definition) is 14. The summed E-state index contributed by atoms with van der Waals surface area (Å²) in [4.78, 5) is 45.1. The third-order valence-electron chi connectivity index (χ3n) is 9.25. The molecular weight excluding hydrogens is 887 g/mol. The Balaban J connectivity index is 0.000000240. The number of aliphatic hydroxyl groups excluding tert-OH is 2. The molecule has 65 heavy (non-hydrogen) atoms. The van der Waals surface area contributed by atoms with Crippen molar-refractivity contribution < 1.29 is 62.9 Å². The number of carbonyl (C=O) groups is 4. The predicted octanol–water partition coefficient (Wildman–Crippen LogP) is 6.75. The maximum absolute atomic E-state index is 12.5. The Morgan fingerprint density at radius 3 is 1.60 bits per heavy atom. The van der Waals surface area contributed by atoms with Gasteiger partial charge in [-0.3, -0.25) is 4.79 Å². The number of esters is 1. The third-order valence-corrected chi connectivity index (χ3v) is 9.72. The summed E-state index contributed by atoms with van der Waals surface area (Å²) in [5.74, 6) is -3.73. The lowest BCUT2D eigenvalue weighted by atomic mass is 9.97. The average molecular weight is 936 g/mol. The van der Waals surface area contributed by atoms with E-state index in [4.69, 9.17) is 53.1 Å². The number of nitrogens with one attached hydrogen (secondary N) is 1. The van der Waals surface area contributed by atoms with Crippen molar-refractivity contribution in [1.29, 1.82) is 0 Å². The average Bonchev–Trinajstić information content (AvgIpc) is 3.99. The van der Waals surface area contributed by atoms with Crippen LogP contribution in [0.3, 0.4) is 0 Å². The van der Waals surface area contributed by atoms with Gasteiger partial charge in [-0.2, -0.15) is 0 Å². The molecule has 344 valence electrons. The maximum Gasteiger partial charge on any atom is 0.374 e. The number of carboxylic acids is 2. The number of nitrogens with two attached hydrogens (primary N) is 1. The van der Waals surface area contributed by atoms with Gasteiger partial charge in [0.1, 0.15) is 0 Å². The van der Waals surface area contributed by atoms with E-state index in [0.29, 0.717) is 22.9 Å². The minimum absolute atomic E-state index is 0.0806. The Kier molecular flexibility index (Phi) is 20.0. The van der Waals surface area contributed by atoms with Crippen LogP contribution in [0.2, 0.25) is 10.0 Å². The first-order chi connectivity index (χ1) is 31.1. The quantitative estimate of drug-likeness (QED) is 0.0487. The van der Waals surface area contributed by atoms with Crippen LogP contribution in [-0.2, 0) is 27.2 Å². The summed E-state index contributed by atoms with van der Waals surface area (Å²) in [5.41, 5.74) is 12.0. The van der Waals surface area contributed by atoms with Crippen molar-refractivity contribution in [3.05, 3.63) is 142 Å². The fourth-order valence-electron chi connectivity index (χ4n) is 6.03. The maximum atomic E-state index is 12.5. The van der Waals surface area contributed by atoms with E-state index in [9.17, 15) is 29.4 Å². The van der Waals surface area contributed by atoms with E-state index in [1.54, 1.807) is 13.0 Å². The number of benzene rings is 4. The van der Waals surface area contributed by atoms with Crippen LogP contribution in [0.1, 0.15) is 52.0 Å². The normalized spacial score (nSPS) is 12.4. The summed E-state index contributed by atoms with van der Waals surface area (Å²) in [6.07, 6.45) is -1.92. The number of aromatic nitrogens is 2. The molecule has 17 nitrogen and oxygen atoms in total. The highest BCUT2D eigenvalue weighted by atomic mass is 35.5. The molecule has 6 rings (SSSR count). The van der Waals surface area contributed by atoms with Crippen molar-refractivity contribution in [3.8, 4) is 34.0 Å². The SMILES string of the molecule is CCOC(=O)[C@H](O)C[C@H](N)Cc1ccc(-c2cccc(Cl)c2)cc1.COc1cc(C(=O)N[C@H](Cc2ccc(-c3cccc(Cl)c3)cc2)C[C@@H](O)C(=O)O)on1.COc1cc(C(=O)O)on1. The van der Waals surface area contributed by atoms with Gasteiger partial charge in [-0.1, -0.05) is 96.0 Å². The smallest absolute Gasteiger partial charge is 0.374 e. The van der Waals surface area contributed by atoms with E-state index in [0.717, 1.165) is 33.4 Å². The zero-order chi connectivity index (χ0) is 47.5. The van der Waals surface area contributed by atoms with Crippen LogP contribution in [0.5, 0.6) is 11.8 Å². The molecular formula is C46H48Cl2N4O13. The van der Waals surface area contributed by atoms with Crippen LogP contribution in [-0.4, -0.2) is 99.7 Å². The van der Waals surface area contributed by atoms with Gasteiger partial charge in [0, 0.05) is 28.5 Å². The highest BCUT2D eigenvalue weighted by Crippen LogP contribution is 2.25. The Hall–Kier alpha value is -6.76. The van der Waals surface area contributed by atoms with Gasteiger partial charge in [-0.05, 0) is 94.1 Å². The Morgan fingerprint density at radius 1 is 0.677 bits per heavy atom. The summed E-state index contributed by atoms with van der Waals surface area (Å²) in [7, 11) is 2.77. The lowest BCUT2D eigenvalue weighted by Crippen LogP contribution is -2.40. The number of amides is 1. The Bertz CT molecular complexity index is 2460. The molecule has 0 aliphatic heterocycles. The molecule has 2 heterocycles. The molecule has 6 aromatic rings. The molecule has 0 bridgehead atoms. The number of aliphatic hydroxyl groups is 2. The van der Waals surface area contributed by atoms with Gasteiger partial charge in [0.15, 0.2) is 12.2 Å². The van der Waals surface area contributed by atoms with E-state index in [2.05, 4.69) is 24.9 Å². The number of carboxylic acid groups (broad SMARTS) is 2. The van der Waals surface area contributed by atoms with Gasteiger partial charge in [-0.15, -0.1) is 0 Å². The highest BCUT2D eigenvalue weighted by molar-refractivity contribution is 6.31. The molecule has 0 radical (unpaired) electrons. The molecule has 0 saturated heterocycles. The number of halogens is 2. The molecule has 0 saturated carbocycles. The number of aliphatic carboxylic acids is 1. The summed E-state index contributed by atoms with van der Waals surface area (Å²) >= 11 is 12.1. The Labute approximate surface area is 383 Å². The molecule has 4 atom stereocenters. The minimum Gasteiger partial charge on any atom is -0.479 e. The third kappa shape index (κ3) is 16.7. The molecule has 2 aromatic heterocycles. The van der Waals surface area contributed by atoms with E-state index < -0.39 is 42.1 Å². The molecule has 19 heteroatoms. The molecule has 4 aromatic carbocycles. The molecule has 1 amide bonds. The van der Waals surface area contributed by atoms with E-state index in [1.807, 2.05) is 91.0 Å². The monoisotopic (exact) mass is 934 g/mol. The van der Waals surface area contributed by atoms with Crippen molar-refractivity contribution in [1.82, 2.24) is 15.6 Å². The van der Waals surface area contributed by atoms with E-state index >= 15 is 0 Å². The summed E-state index contributed by atoms with van der Waals surface area (Å²) in [5, 5.41) is 47.8. The van der Waals surface area contributed by atoms with Crippen molar-refractivity contribution in [3.63, 3.8) is 0 Å². The molecule has 0 aliphatic rings. The lowest BCUT2D eigenvalue weighted by molar-refractivity contribution is -0.153. The second kappa shape index (κ2) is 25.5. The summed E-state index contributed by atoms with van der Waals surface area (Å²) in [6, 6.07) is 32.2. The number of hydrogen-bond donors (Lipinski definition) is 6. The van der Waals surface area contributed by atoms with Gasteiger partial charge < -0.3 is 54.7 Å². The van der Waals surface area contributed by atoms with Gasteiger partial charge in [0.2, 0.25) is 11.5 Å². The van der Waals surface area contributed by atoms with Gasteiger partial charge in [0.05, 0.1) is 33.0 Å². The fourth-order valence-corrected chi connectivity index (χ4v) is 6.41. The van der Waals surface area contributed by atoms with E-state index in [-0.39, 0.29) is 48.8 Å². The minimum atomic E-state index is -1.62. The molecule has 0 spiro atoms. The zero-order valence-corrected chi connectivity index (χ0v) is 36.9. The summed E-state index contributed by atoms with van der Waals surface area (Å²) in [6.45, 7) is 1.95. The standard InChI is InChI=1S/C22H21ClN2O6.C19H22ClNO3.C5H5NO4/c1-30-20-12-19(31-25-20)21(27)24-17(11-18(26)22(28)29)9-13-5-7-14(8-6-13)15-3-2-4-16(23)10-15;1-2-24-19(23)18(22)12-17(21)10-13-6-8-14(9-7-13)15-4-3-5-16(20)11-15;1-9-4-2-3(5(7)8)10-6-4/h2-8,10,12,17-18,26H,9,11H2,1H3,(H,24,27)(H,28,29);3-9,11,17-18,22H,2,10,12,21H2,1H3;2H,1H3,(H,7,8)/t2*17-,18-;/m11./s1. The number of methoxy groups -OCH3 is 2. The molecule has 7 N–H and O–H groups in total. The number of carbonyl (C=O) groups excluding carboxylic acids is 2. The van der Waals surface area contributed by atoms with Crippen molar-refractivity contribution in [2.75, 3.05) is 20.8 Å². The van der Waals surface area contributed by atoms with Gasteiger partial charge in [-0.25, -0.2) is 14.4 Å². The number of aromatic carboxylic acids is 1. The van der Waals surface area contributed by atoms with Crippen LogP contribution in [0, 0.1) is 0 Å². The second-order valence-electron chi connectivity index (χ2n) is 14.1. The Morgan fingerprint density at radius 2 is 1.17 bits per heavy atom. The topological polar surface area (TPSA) is 267 Å². The molecule has 0 fully saturated rings. The van der Waals surface area contributed by atoms with E-state index in [1.165, 1.54) is 26.4 Å². The first-order valence-corrected chi connectivity index (χ1v) is 20.6. The van der Waals surface area contributed by atoms with Crippen molar-refractivity contribution >= 4 is 47.0 Å². The highest BCUT2D eigenvalue weighted by Gasteiger charge is 2.25. The predicted molar refractivity (Wildman–Crippen MR) is 239 cm³/mol. The van der Waals surface area contributed by atoms with Crippen LogP contribution >= 0.6 is 23.2 Å². The number of ether oxygens (including phenoxy) is 3. The van der Waals surface area contributed by atoms with Crippen LogP contribution < -0.4 is 20.5 Å². The largest absolute Gasteiger partial charge is 0.479 e.